The van der Waals surface area contributed by atoms with E-state index < -0.39 is 19.9 Å². The van der Waals surface area contributed by atoms with E-state index in [1.54, 1.807) is 60.7 Å². The van der Waals surface area contributed by atoms with E-state index in [0.717, 1.165) is 0 Å². The summed E-state index contributed by atoms with van der Waals surface area (Å²) in [7, 11) is -6.80. The smallest absolute Gasteiger partial charge is 0.243 e. The van der Waals surface area contributed by atoms with Crippen molar-refractivity contribution in [2.24, 2.45) is 0 Å². The number of hydrogen-bond acceptors (Lipinski definition) is 5. The van der Waals surface area contributed by atoms with Crippen LogP contribution in [-0.2, 0) is 19.9 Å². The van der Waals surface area contributed by atoms with E-state index in [-0.39, 0.29) is 5.75 Å². The minimum absolute atomic E-state index is 0.0302. The van der Waals surface area contributed by atoms with E-state index in [1.807, 2.05) is 4.90 Å². The molecule has 0 aliphatic carbocycles. The van der Waals surface area contributed by atoms with Crippen molar-refractivity contribution in [2.45, 2.75) is 9.79 Å². The van der Waals surface area contributed by atoms with Crippen molar-refractivity contribution in [1.29, 1.82) is 0 Å². The Hall–Kier alpha value is -1.74. The Morgan fingerprint density at radius 3 is 1.73 bits per heavy atom. The minimum Gasteiger partial charge on any atom is -0.300 e. The van der Waals surface area contributed by atoms with Crippen molar-refractivity contribution >= 4 is 19.9 Å². The van der Waals surface area contributed by atoms with E-state index in [1.165, 1.54) is 4.31 Å². The molecule has 0 spiro atoms. The van der Waals surface area contributed by atoms with E-state index in [9.17, 15) is 16.8 Å². The van der Waals surface area contributed by atoms with Gasteiger partial charge in [0.2, 0.25) is 10.0 Å². The highest BCUT2D eigenvalue weighted by atomic mass is 32.2. The quantitative estimate of drug-likeness (QED) is 0.742. The summed E-state index contributed by atoms with van der Waals surface area (Å²) in [6, 6.07) is 16.8. The molecule has 0 atom stereocenters. The largest absolute Gasteiger partial charge is 0.300 e. The van der Waals surface area contributed by atoms with Crippen molar-refractivity contribution < 1.29 is 16.8 Å². The standard InChI is InChI=1S/C18H22N2O4S2/c21-25(22,17-7-3-1-4-8-17)16-15-19-11-13-20(14-12-19)26(23,24)18-9-5-2-6-10-18/h1-10H,11-16H2. The van der Waals surface area contributed by atoms with Gasteiger partial charge in [0.15, 0.2) is 9.84 Å². The molecule has 3 rings (SSSR count). The lowest BCUT2D eigenvalue weighted by Crippen LogP contribution is -2.49. The summed E-state index contributed by atoms with van der Waals surface area (Å²) in [5.74, 6) is 0.0302. The molecule has 1 aliphatic rings. The molecule has 0 N–H and O–H groups in total. The second kappa shape index (κ2) is 7.87. The van der Waals surface area contributed by atoms with Crippen LogP contribution in [-0.4, -0.2) is 64.5 Å². The average molecular weight is 395 g/mol. The van der Waals surface area contributed by atoms with Crippen molar-refractivity contribution in [2.75, 3.05) is 38.5 Å². The molecule has 26 heavy (non-hydrogen) atoms. The van der Waals surface area contributed by atoms with Crippen LogP contribution in [0.15, 0.2) is 70.5 Å². The van der Waals surface area contributed by atoms with Gasteiger partial charge in [-0.1, -0.05) is 36.4 Å². The SMILES string of the molecule is O=S(=O)(CCN1CCN(S(=O)(=O)c2ccccc2)CC1)c1ccccc1. The molecule has 1 saturated heterocycles. The van der Waals surface area contributed by atoms with Crippen molar-refractivity contribution in [3.63, 3.8) is 0 Å². The fourth-order valence-corrected chi connectivity index (χ4v) is 5.68. The van der Waals surface area contributed by atoms with Crippen molar-refractivity contribution in [1.82, 2.24) is 9.21 Å². The number of sulfonamides is 1. The summed E-state index contributed by atoms with van der Waals surface area (Å²) >= 11 is 0. The van der Waals surface area contributed by atoms with Gasteiger partial charge >= 0.3 is 0 Å². The van der Waals surface area contributed by atoms with Crippen LogP contribution in [0.25, 0.3) is 0 Å². The molecule has 1 aliphatic heterocycles. The van der Waals surface area contributed by atoms with Gasteiger partial charge in [0, 0.05) is 32.7 Å². The zero-order valence-corrected chi connectivity index (χ0v) is 16.0. The molecule has 0 aromatic heterocycles. The summed E-state index contributed by atoms with van der Waals surface area (Å²) < 4.78 is 51.4. The first-order valence-electron chi connectivity index (χ1n) is 8.45. The maximum atomic E-state index is 12.6. The molecular formula is C18H22N2O4S2. The van der Waals surface area contributed by atoms with Crippen LogP contribution in [0.1, 0.15) is 0 Å². The molecule has 0 radical (unpaired) electrons. The average Bonchev–Trinajstić information content (AvgIpc) is 2.68. The lowest BCUT2D eigenvalue weighted by atomic mass is 10.4. The van der Waals surface area contributed by atoms with Crippen LogP contribution in [0.5, 0.6) is 0 Å². The fourth-order valence-electron chi connectivity index (χ4n) is 2.93. The Bertz CT molecular complexity index is 922. The summed E-state index contributed by atoms with van der Waals surface area (Å²) in [4.78, 5) is 2.61. The lowest BCUT2D eigenvalue weighted by Gasteiger charge is -2.33. The molecule has 2 aromatic carbocycles. The predicted molar refractivity (Wildman–Crippen MR) is 100 cm³/mol. The Labute approximate surface area is 155 Å². The maximum Gasteiger partial charge on any atom is 0.243 e. The molecule has 1 fully saturated rings. The maximum absolute atomic E-state index is 12.6. The van der Waals surface area contributed by atoms with Gasteiger partial charge in [0.25, 0.3) is 0 Å². The molecule has 2 aromatic rings. The Morgan fingerprint density at radius 2 is 1.19 bits per heavy atom. The normalized spacial score (nSPS) is 17.2. The van der Waals surface area contributed by atoms with Gasteiger partial charge in [-0.05, 0) is 24.3 Å². The van der Waals surface area contributed by atoms with Gasteiger partial charge in [-0.3, -0.25) is 4.90 Å². The van der Waals surface area contributed by atoms with Gasteiger partial charge in [-0.15, -0.1) is 0 Å². The first-order chi connectivity index (χ1) is 12.4. The topological polar surface area (TPSA) is 74.8 Å². The summed E-state index contributed by atoms with van der Waals surface area (Å²) in [5.41, 5.74) is 0. The molecule has 0 amide bonds. The Morgan fingerprint density at radius 1 is 0.692 bits per heavy atom. The summed E-state index contributed by atoms with van der Waals surface area (Å²) in [6.45, 7) is 2.18. The number of rotatable bonds is 6. The number of hydrogen-bond donors (Lipinski definition) is 0. The van der Waals surface area contributed by atoms with Crippen LogP contribution in [0.2, 0.25) is 0 Å². The Kier molecular flexibility index (Phi) is 5.76. The lowest BCUT2D eigenvalue weighted by molar-refractivity contribution is 0.197. The van der Waals surface area contributed by atoms with E-state index in [0.29, 0.717) is 42.5 Å². The highest BCUT2D eigenvalue weighted by Gasteiger charge is 2.28. The van der Waals surface area contributed by atoms with Crippen LogP contribution < -0.4 is 0 Å². The van der Waals surface area contributed by atoms with Gasteiger partial charge in [-0.25, -0.2) is 16.8 Å². The molecular weight excluding hydrogens is 372 g/mol. The first-order valence-corrected chi connectivity index (χ1v) is 11.5. The highest BCUT2D eigenvalue weighted by molar-refractivity contribution is 7.91. The number of nitrogens with zero attached hydrogens (tertiary/aromatic N) is 2. The first kappa shape index (κ1) is 19.0. The Balaban J connectivity index is 1.56. The third-order valence-corrected chi connectivity index (χ3v) is 8.11. The molecule has 6 nitrogen and oxygen atoms in total. The minimum atomic E-state index is -3.48. The third-order valence-electron chi connectivity index (χ3n) is 4.49. The summed E-state index contributed by atoms with van der Waals surface area (Å²) in [6.07, 6.45) is 0. The monoisotopic (exact) mass is 394 g/mol. The van der Waals surface area contributed by atoms with Crippen molar-refractivity contribution in [3.05, 3.63) is 60.7 Å². The summed E-state index contributed by atoms with van der Waals surface area (Å²) in [5, 5.41) is 0. The van der Waals surface area contributed by atoms with Crippen LogP contribution in [0, 0.1) is 0 Å². The zero-order valence-electron chi connectivity index (χ0n) is 14.4. The molecule has 1 heterocycles. The van der Waals surface area contributed by atoms with Gasteiger partial charge < -0.3 is 0 Å². The number of piperazine rings is 1. The molecule has 0 bridgehead atoms. The second-order valence-electron chi connectivity index (χ2n) is 6.19. The van der Waals surface area contributed by atoms with E-state index >= 15 is 0 Å². The van der Waals surface area contributed by atoms with Crippen LogP contribution in [0.4, 0.5) is 0 Å². The molecule has 0 saturated carbocycles. The molecule has 140 valence electrons. The number of benzene rings is 2. The highest BCUT2D eigenvalue weighted by Crippen LogP contribution is 2.17. The van der Waals surface area contributed by atoms with Crippen LogP contribution in [0.3, 0.4) is 0 Å². The van der Waals surface area contributed by atoms with Crippen LogP contribution >= 0.6 is 0 Å². The predicted octanol–water partition coefficient (Wildman–Crippen LogP) is 1.47. The number of sulfone groups is 1. The van der Waals surface area contributed by atoms with Gasteiger partial charge in [0.1, 0.15) is 0 Å². The zero-order chi connectivity index (χ0) is 18.6. The second-order valence-corrected chi connectivity index (χ2v) is 10.2. The van der Waals surface area contributed by atoms with Gasteiger partial charge in [0.05, 0.1) is 15.5 Å². The van der Waals surface area contributed by atoms with Gasteiger partial charge in [-0.2, -0.15) is 4.31 Å². The van der Waals surface area contributed by atoms with Crippen molar-refractivity contribution in [3.8, 4) is 0 Å². The molecule has 8 heteroatoms. The third kappa shape index (κ3) is 4.32. The van der Waals surface area contributed by atoms with E-state index in [4.69, 9.17) is 0 Å². The molecule has 0 unspecified atom stereocenters. The fraction of sp³-hybridized carbons (Fsp3) is 0.333. The van der Waals surface area contributed by atoms with E-state index in [2.05, 4.69) is 0 Å².